The molecule has 30 heavy (non-hydrogen) atoms. The van der Waals surface area contributed by atoms with Gasteiger partial charge in [-0.15, -0.1) is 11.8 Å². The van der Waals surface area contributed by atoms with E-state index in [4.69, 9.17) is 9.47 Å². The first-order valence-electron chi connectivity index (χ1n) is 9.50. The lowest BCUT2D eigenvalue weighted by Gasteiger charge is -2.28. The average molecular weight is 433 g/mol. The zero-order valence-corrected chi connectivity index (χ0v) is 17.5. The molecule has 0 radical (unpaired) electrons. The van der Waals surface area contributed by atoms with Crippen LogP contribution in [-0.2, 0) is 21.8 Å². The van der Waals surface area contributed by atoms with Crippen LogP contribution in [0.2, 0.25) is 0 Å². The fourth-order valence-electron chi connectivity index (χ4n) is 3.02. The molecule has 0 aliphatic carbocycles. The summed E-state index contributed by atoms with van der Waals surface area (Å²) >= 11 is 1.40. The van der Waals surface area contributed by atoms with E-state index >= 15 is 0 Å². The van der Waals surface area contributed by atoms with Crippen molar-refractivity contribution >= 4 is 29.2 Å². The van der Waals surface area contributed by atoms with Gasteiger partial charge in [0.15, 0.2) is 5.75 Å². The van der Waals surface area contributed by atoms with Crippen molar-refractivity contribution in [3.63, 3.8) is 0 Å². The van der Waals surface area contributed by atoms with Crippen molar-refractivity contribution in [2.75, 3.05) is 44.1 Å². The summed E-state index contributed by atoms with van der Waals surface area (Å²) in [6.07, 6.45) is 1.75. The van der Waals surface area contributed by atoms with Crippen molar-refractivity contribution < 1.29 is 19.2 Å². The third kappa shape index (κ3) is 6.07. The number of pyridine rings is 1. The Morgan fingerprint density at radius 1 is 1.30 bits per heavy atom. The van der Waals surface area contributed by atoms with Gasteiger partial charge in [0, 0.05) is 37.7 Å². The molecule has 2 aromatic rings. The number of carbonyl (C=O) groups excluding carboxylic acids is 1. The summed E-state index contributed by atoms with van der Waals surface area (Å²) in [6.45, 7) is 3.42. The van der Waals surface area contributed by atoms with E-state index < -0.39 is 4.92 Å². The number of amides is 1. The minimum atomic E-state index is -0.473. The molecule has 1 aromatic heterocycles. The Kier molecular flexibility index (Phi) is 7.86. The Balaban J connectivity index is 1.45. The van der Waals surface area contributed by atoms with E-state index in [1.165, 1.54) is 24.9 Å². The molecule has 0 spiro atoms. The number of thioether (sulfide) groups is 1. The van der Waals surface area contributed by atoms with Crippen LogP contribution in [0.3, 0.4) is 0 Å². The molecule has 1 fully saturated rings. The summed E-state index contributed by atoms with van der Waals surface area (Å²) in [7, 11) is 1.40. The first-order valence-corrected chi connectivity index (χ1v) is 10.7. The predicted octanol–water partition coefficient (Wildman–Crippen LogP) is 2.38. The molecule has 1 aromatic carbocycles. The fourth-order valence-corrected chi connectivity index (χ4v) is 3.82. The smallest absolute Gasteiger partial charge is 0.311 e. The molecule has 1 N–H and O–H groups in total. The third-order valence-electron chi connectivity index (χ3n) is 4.58. The lowest BCUT2D eigenvalue weighted by molar-refractivity contribution is -0.385. The Hall–Kier alpha value is -2.85. The van der Waals surface area contributed by atoms with Gasteiger partial charge in [0.2, 0.25) is 5.91 Å². The number of anilines is 1. The van der Waals surface area contributed by atoms with Crippen LogP contribution >= 0.6 is 11.8 Å². The normalized spacial score (nSPS) is 13.7. The van der Waals surface area contributed by atoms with Gasteiger partial charge in [-0.2, -0.15) is 0 Å². The largest absolute Gasteiger partial charge is 0.490 e. The fraction of sp³-hybridized carbons (Fsp3) is 0.400. The highest BCUT2D eigenvalue weighted by Gasteiger charge is 2.15. The minimum Gasteiger partial charge on any atom is -0.490 e. The number of rotatable bonds is 9. The lowest BCUT2D eigenvalue weighted by Crippen LogP contribution is -2.36. The molecule has 1 amide bonds. The highest BCUT2D eigenvalue weighted by atomic mass is 32.2. The second-order valence-corrected chi connectivity index (χ2v) is 7.64. The van der Waals surface area contributed by atoms with Crippen LogP contribution < -0.4 is 15.0 Å². The number of nitrogens with one attached hydrogen (secondary N) is 1. The third-order valence-corrected chi connectivity index (χ3v) is 5.58. The van der Waals surface area contributed by atoms with Crippen LogP contribution in [0.4, 0.5) is 11.5 Å². The number of hydrogen-bond donors (Lipinski definition) is 1. The van der Waals surface area contributed by atoms with Crippen LogP contribution in [0, 0.1) is 10.1 Å². The Morgan fingerprint density at radius 3 is 2.83 bits per heavy atom. The molecule has 1 saturated heterocycles. The van der Waals surface area contributed by atoms with Gasteiger partial charge in [0.25, 0.3) is 0 Å². The first-order chi connectivity index (χ1) is 14.6. The summed E-state index contributed by atoms with van der Waals surface area (Å²) < 4.78 is 10.4. The number of nitro benzene ring substituents is 1. The van der Waals surface area contributed by atoms with Crippen LogP contribution in [0.25, 0.3) is 0 Å². The number of methoxy groups -OCH3 is 1. The van der Waals surface area contributed by atoms with E-state index in [-0.39, 0.29) is 23.1 Å². The van der Waals surface area contributed by atoms with Crippen molar-refractivity contribution in [1.29, 1.82) is 0 Å². The van der Waals surface area contributed by atoms with Gasteiger partial charge in [0.05, 0.1) is 31.0 Å². The Bertz CT molecular complexity index is 889. The molecule has 1 aliphatic heterocycles. The van der Waals surface area contributed by atoms with Gasteiger partial charge < -0.3 is 19.7 Å². The summed E-state index contributed by atoms with van der Waals surface area (Å²) in [4.78, 5) is 29.4. The summed E-state index contributed by atoms with van der Waals surface area (Å²) in [6, 6.07) is 8.68. The maximum Gasteiger partial charge on any atom is 0.311 e. The van der Waals surface area contributed by atoms with Gasteiger partial charge >= 0.3 is 5.69 Å². The molecule has 0 saturated carbocycles. The quantitative estimate of drug-likeness (QED) is 0.475. The zero-order chi connectivity index (χ0) is 21.3. The van der Waals surface area contributed by atoms with Crippen LogP contribution in [0.5, 0.6) is 5.75 Å². The molecule has 2 heterocycles. The van der Waals surface area contributed by atoms with Crippen molar-refractivity contribution in [2.45, 2.75) is 12.3 Å². The summed E-state index contributed by atoms with van der Waals surface area (Å²) in [5, 5.41) is 14.0. The SMILES string of the molecule is COc1ccc(CSCC(=O)NCc2ccnc(N3CCOCC3)c2)cc1[N+](=O)[O-]. The molecule has 10 heteroatoms. The van der Waals surface area contributed by atoms with Crippen molar-refractivity contribution in [1.82, 2.24) is 10.3 Å². The maximum atomic E-state index is 12.2. The first kappa shape index (κ1) is 21.8. The second kappa shape index (κ2) is 10.8. The average Bonchev–Trinajstić information content (AvgIpc) is 2.78. The molecule has 1 aliphatic rings. The monoisotopic (exact) mass is 432 g/mol. The molecule has 0 atom stereocenters. The van der Waals surface area contributed by atoms with E-state index in [1.54, 1.807) is 18.3 Å². The van der Waals surface area contributed by atoms with Gasteiger partial charge in [0.1, 0.15) is 5.82 Å². The lowest BCUT2D eigenvalue weighted by atomic mass is 10.2. The van der Waals surface area contributed by atoms with E-state index in [0.29, 0.717) is 25.5 Å². The summed E-state index contributed by atoms with van der Waals surface area (Å²) in [5.41, 5.74) is 1.68. The van der Waals surface area contributed by atoms with E-state index in [2.05, 4.69) is 15.2 Å². The molecule has 0 unspecified atom stereocenters. The zero-order valence-electron chi connectivity index (χ0n) is 16.7. The highest BCUT2D eigenvalue weighted by Crippen LogP contribution is 2.29. The summed E-state index contributed by atoms with van der Waals surface area (Å²) in [5.74, 6) is 1.78. The topological polar surface area (TPSA) is 107 Å². The second-order valence-electron chi connectivity index (χ2n) is 6.65. The minimum absolute atomic E-state index is 0.0752. The number of nitrogens with zero attached hydrogens (tertiary/aromatic N) is 3. The molecule has 3 rings (SSSR count). The number of hydrogen-bond acceptors (Lipinski definition) is 8. The molecular weight excluding hydrogens is 408 g/mol. The van der Waals surface area contributed by atoms with E-state index in [9.17, 15) is 14.9 Å². The maximum absolute atomic E-state index is 12.2. The van der Waals surface area contributed by atoms with Crippen molar-refractivity contribution in [2.24, 2.45) is 0 Å². The van der Waals surface area contributed by atoms with Gasteiger partial charge in [-0.05, 0) is 29.3 Å². The highest BCUT2D eigenvalue weighted by molar-refractivity contribution is 7.99. The number of aromatic nitrogens is 1. The van der Waals surface area contributed by atoms with Crippen LogP contribution in [-0.4, -0.2) is 55.0 Å². The van der Waals surface area contributed by atoms with Gasteiger partial charge in [-0.25, -0.2) is 4.98 Å². The number of ether oxygens (including phenoxy) is 2. The Morgan fingerprint density at radius 2 is 2.10 bits per heavy atom. The van der Waals surface area contributed by atoms with Crippen molar-refractivity contribution in [3.05, 3.63) is 57.8 Å². The number of morpholine rings is 1. The van der Waals surface area contributed by atoms with E-state index in [1.807, 2.05) is 12.1 Å². The number of carbonyl (C=O) groups is 1. The number of nitro groups is 1. The number of benzene rings is 1. The molecule has 160 valence electrons. The molecule has 9 nitrogen and oxygen atoms in total. The molecule has 0 bridgehead atoms. The Labute approximate surface area is 178 Å². The predicted molar refractivity (Wildman–Crippen MR) is 115 cm³/mol. The molecular formula is C20H24N4O5S. The van der Waals surface area contributed by atoms with Crippen LogP contribution in [0.15, 0.2) is 36.5 Å². The van der Waals surface area contributed by atoms with Crippen LogP contribution in [0.1, 0.15) is 11.1 Å². The van der Waals surface area contributed by atoms with Gasteiger partial charge in [-0.3, -0.25) is 14.9 Å². The van der Waals surface area contributed by atoms with E-state index in [0.717, 1.165) is 30.0 Å². The van der Waals surface area contributed by atoms with Gasteiger partial charge in [-0.1, -0.05) is 6.07 Å². The van der Waals surface area contributed by atoms with Crippen molar-refractivity contribution in [3.8, 4) is 5.75 Å². The standard InChI is InChI=1S/C20H24N4O5S/c1-28-18-3-2-16(10-17(18)24(26)27)13-30-14-20(25)22-12-15-4-5-21-19(11-15)23-6-8-29-9-7-23/h2-5,10-11H,6-9,12-14H2,1H3,(H,22,25).